The Hall–Kier alpha value is -3.30. The van der Waals surface area contributed by atoms with Crippen LogP contribution in [0, 0.1) is 0 Å². The molecule has 1 aliphatic rings. The molecule has 3 rings (SSSR count). The average Bonchev–Trinajstić information content (AvgIpc) is 3.08. The summed E-state index contributed by atoms with van der Waals surface area (Å²) in [6.45, 7) is -0.344. The highest BCUT2D eigenvalue weighted by molar-refractivity contribution is 6.20. The van der Waals surface area contributed by atoms with E-state index in [1.165, 1.54) is 4.68 Å². The standard InChI is InChI=1S/C11H8N8O3/c12-15-13-6-18-9(14-16-17-18)5-22-19-10(20)7-3-1-2-4-8(7)11(19)21/h1-4H,5-6H2. The Labute approximate surface area is 122 Å². The third-order valence-corrected chi connectivity index (χ3v) is 2.95. The lowest BCUT2D eigenvalue weighted by atomic mass is 10.1. The number of hydroxylamine groups is 2. The summed E-state index contributed by atoms with van der Waals surface area (Å²) < 4.78 is 1.19. The predicted molar refractivity (Wildman–Crippen MR) is 68.7 cm³/mol. The van der Waals surface area contributed by atoms with Crippen molar-refractivity contribution in [1.82, 2.24) is 25.3 Å². The second-order valence-electron chi connectivity index (χ2n) is 4.19. The van der Waals surface area contributed by atoms with Crippen LogP contribution in [0.25, 0.3) is 10.4 Å². The molecule has 0 unspecified atom stereocenters. The number of nitrogens with zero attached hydrogens (tertiary/aromatic N) is 8. The quantitative estimate of drug-likeness (QED) is 0.344. The van der Waals surface area contributed by atoms with Crippen molar-refractivity contribution in [3.05, 3.63) is 51.7 Å². The summed E-state index contributed by atoms with van der Waals surface area (Å²) >= 11 is 0. The van der Waals surface area contributed by atoms with E-state index >= 15 is 0 Å². The van der Waals surface area contributed by atoms with Crippen molar-refractivity contribution in [2.45, 2.75) is 13.3 Å². The van der Waals surface area contributed by atoms with Crippen molar-refractivity contribution < 1.29 is 14.4 Å². The van der Waals surface area contributed by atoms with Gasteiger partial charge in [-0.3, -0.25) is 14.4 Å². The molecule has 0 bridgehead atoms. The van der Waals surface area contributed by atoms with Gasteiger partial charge in [0.2, 0.25) is 0 Å². The fraction of sp³-hybridized carbons (Fsp3) is 0.182. The topological polar surface area (TPSA) is 139 Å². The van der Waals surface area contributed by atoms with Crippen molar-refractivity contribution in [2.75, 3.05) is 0 Å². The summed E-state index contributed by atoms with van der Waals surface area (Å²) in [4.78, 5) is 32.0. The maximum Gasteiger partial charge on any atom is 0.285 e. The number of carbonyl (C=O) groups is 2. The number of hydrogen-bond donors (Lipinski definition) is 0. The second kappa shape index (κ2) is 5.60. The molecule has 0 fully saturated rings. The molecular formula is C11H8N8O3. The van der Waals surface area contributed by atoms with Gasteiger partial charge in [0.1, 0.15) is 13.3 Å². The molecule has 0 N–H and O–H groups in total. The SMILES string of the molecule is [N-]=[N+]=NCn1nnnc1CON1C(=O)c2ccccc2C1=O. The lowest BCUT2D eigenvalue weighted by Crippen LogP contribution is -2.30. The molecule has 0 atom stereocenters. The van der Waals surface area contributed by atoms with Gasteiger partial charge in [-0.15, -0.1) is 10.2 Å². The number of amides is 2. The van der Waals surface area contributed by atoms with E-state index in [0.717, 1.165) is 0 Å². The Morgan fingerprint density at radius 2 is 1.91 bits per heavy atom. The van der Waals surface area contributed by atoms with E-state index in [-0.39, 0.29) is 30.2 Å². The maximum atomic E-state index is 12.1. The van der Waals surface area contributed by atoms with Crippen molar-refractivity contribution in [1.29, 1.82) is 0 Å². The second-order valence-corrected chi connectivity index (χ2v) is 4.19. The van der Waals surface area contributed by atoms with Crippen LogP contribution in [-0.2, 0) is 18.1 Å². The van der Waals surface area contributed by atoms with Gasteiger partial charge in [0, 0.05) is 4.91 Å². The summed E-state index contributed by atoms with van der Waals surface area (Å²) in [6, 6.07) is 6.41. The van der Waals surface area contributed by atoms with Gasteiger partial charge < -0.3 is 0 Å². The Bertz CT molecular complexity index is 759. The lowest BCUT2D eigenvalue weighted by molar-refractivity contribution is -0.103. The first-order chi connectivity index (χ1) is 10.7. The number of azide groups is 1. The summed E-state index contributed by atoms with van der Waals surface area (Å²) in [5.41, 5.74) is 8.83. The first-order valence-corrected chi connectivity index (χ1v) is 6.09. The summed E-state index contributed by atoms with van der Waals surface area (Å²) in [5.74, 6) is -0.881. The molecule has 1 aromatic heterocycles. The van der Waals surface area contributed by atoms with Crippen molar-refractivity contribution in [2.24, 2.45) is 5.11 Å². The van der Waals surface area contributed by atoms with E-state index in [1.807, 2.05) is 0 Å². The number of benzene rings is 1. The number of imide groups is 1. The van der Waals surface area contributed by atoms with E-state index in [2.05, 4.69) is 25.6 Å². The van der Waals surface area contributed by atoms with E-state index in [0.29, 0.717) is 5.06 Å². The smallest absolute Gasteiger partial charge is 0.266 e. The molecule has 1 aromatic carbocycles. The van der Waals surface area contributed by atoms with Gasteiger partial charge >= 0.3 is 0 Å². The predicted octanol–water partition coefficient (Wildman–Crippen LogP) is 0.669. The number of rotatable bonds is 5. The normalized spacial score (nSPS) is 13.2. The molecule has 0 saturated carbocycles. The molecule has 11 nitrogen and oxygen atoms in total. The molecule has 0 aliphatic carbocycles. The minimum atomic E-state index is -0.547. The summed E-state index contributed by atoms with van der Waals surface area (Å²) in [6.07, 6.45) is 0. The van der Waals surface area contributed by atoms with Crippen molar-refractivity contribution >= 4 is 11.8 Å². The molecule has 0 spiro atoms. The third kappa shape index (κ3) is 2.26. The highest BCUT2D eigenvalue weighted by Gasteiger charge is 2.36. The molecule has 2 aromatic rings. The Morgan fingerprint density at radius 1 is 1.23 bits per heavy atom. The monoisotopic (exact) mass is 300 g/mol. The molecule has 2 heterocycles. The summed E-state index contributed by atoms with van der Waals surface area (Å²) in [7, 11) is 0. The number of fused-ring (bicyclic) bond motifs is 1. The number of aromatic nitrogens is 4. The number of hydrogen-bond acceptors (Lipinski definition) is 7. The number of tetrazole rings is 1. The molecule has 1 aliphatic heterocycles. The van der Waals surface area contributed by atoms with E-state index in [1.54, 1.807) is 24.3 Å². The molecular weight excluding hydrogens is 292 g/mol. The van der Waals surface area contributed by atoms with Crippen LogP contribution >= 0.6 is 0 Å². The van der Waals surface area contributed by atoms with E-state index < -0.39 is 11.8 Å². The van der Waals surface area contributed by atoms with Gasteiger partial charge in [0.05, 0.1) is 11.1 Å². The zero-order chi connectivity index (χ0) is 15.5. The van der Waals surface area contributed by atoms with Crippen LogP contribution in [0.3, 0.4) is 0 Å². The van der Waals surface area contributed by atoms with Gasteiger partial charge in [0.15, 0.2) is 5.82 Å². The lowest BCUT2D eigenvalue weighted by Gasteiger charge is -2.12. The average molecular weight is 300 g/mol. The van der Waals surface area contributed by atoms with Crippen molar-refractivity contribution in [3.63, 3.8) is 0 Å². The van der Waals surface area contributed by atoms with Crippen LogP contribution in [0.1, 0.15) is 26.5 Å². The molecule has 0 saturated heterocycles. The minimum absolute atomic E-state index is 0.121. The van der Waals surface area contributed by atoms with Crippen LogP contribution < -0.4 is 0 Å². The first-order valence-electron chi connectivity index (χ1n) is 6.09. The molecule has 2 amide bonds. The largest absolute Gasteiger partial charge is 0.285 e. The van der Waals surface area contributed by atoms with Crippen LogP contribution in [-0.4, -0.2) is 37.1 Å². The molecule has 11 heteroatoms. The molecule has 22 heavy (non-hydrogen) atoms. The van der Waals surface area contributed by atoms with E-state index in [9.17, 15) is 9.59 Å². The first kappa shape index (κ1) is 13.7. The van der Waals surface area contributed by atoms with Gasteiger partial charge in [0.25, 0.3) is 11.8 Å². The molecule has 0 radical (unpaired) electrons. The van der Waals surface area contributed by atoms with Crippen LogP contribution in [0.15, 0.2) is 29.4 Å². The van der Waals surface area contributed by atoms with Gasteiger partial charge in [-0.05, 0) is 28.1 Å². The Kier molecular flexibility index (Phi) is 3.48. The van der Waals surface area contributed by atoms with Crippen LogP contribution in [0.2, 0.25) is 0 Å². The van der Waals surface area contributed by atoms with Crippen molar-refractivity contribution in [3.8, 4) is 0 Å². The fourth-order valence-electron chi connectivity index (χ4n) is 1.93. The molecule has 110 valence electrons. The highest BCUT2D eigenvalue weighted by Crippen LogP contribution is 2.22. The number of carbonyl (C=O) groups excluding carboxylic acids is 2. The maximum absolute atomic E-state index is 12.1. The zero-order valence-corrected chi connectivity index (χ0v) is 11.0. The Balaban J connectivity index is 1.73. The van der Waals surface area contributed by atoms with Crippen LogP contribution in [0.4, 0.5) is 0 Å². The van der Waals surface area contributed by atoms with Gasteiger partial charge in [-0.2, -0.15) is 0 Å². The minimum Gasteiger partial charge on any atom is -0.266 e. The highest BCUT2D eigenvalue weighted by atomic mass is 16.7. The fourth-order valence-corrected chi connectivity index (χ4v) is 1.93. The Morgan fingerprint density at radius 3 is 2.55 bits per heavy atom. The van der Waals surface area contributed by atoms with E-state index in [4.69, 9.17) is 10.4 Å². The van der Waals surface area contributed by atoms with Gasteiger partial charge in [-0.1, -0.05) is 17.2 Å². The van der Waals surface area contributed by atoms with Gasteiger partial charge in [-0.25, -0.2) is 4.68 Å². The summed E-state index contributed by atoms with van der Waals surface area (Å²) in [5, 5.41) is 14.7. The zero-order valence-electron chi connectivity index (χ0n) is 11.0. The third-order valence-electron chi connectivity index (χ3n) is 2.95. The van der Waals surface area contributed by atoms with Crippen LogP contribution in [0.5, 0.6) is 0 Å².